The van der Waals surface area contributed by atoms with E-state index in [-0.39, 0.29) is 6.10 Å². The number of aromatic nitrogens is 1. The summed E-state index contributed by atoms with van der Waals surface area (Å²) in [5, 5.41) is 3.44. The molecule has 1 N–H and O–H groups in total. The fourth-order valence-corrected chi connectivity index (χ4v) is 2.24. The molecule has 0 aliphatic rings. The van der Waals surface area contributed by atoms with Gasteiger partial charge in [0.1, 0.15) is 5.75 Å². The van der Waals surface area contributed by atoms with Gasteiger partial charge in [0.15, 0.2) is 0 Å². The number of benzene rings is 1. The van der Waals surface area contributed by atoms with Gasteiger partial charge < -0.3 is 15.0 Å². The highest BCUT2D eigenvalue weighted by molar-refractivity contribution is 5.59. The molecule has 0 radical (unpaired) electrons. The molecule has 4 nitrogen and oxygen atoms in total. The van der Waals surface area contributed by atoms with E-state index in [9.17, 15) is 0 Å². The van der Waals surface area contributed by atoms with E-state index in [1.54, 1.807) is 6.20 Å². The van der Waals surface area contributed by atoms with Gasteiger partial charge in [-0.25, -0.2) is 0 Å². The predicted octanol–water partition coefficient (Wildman–Crippen LogP) is 3.22. The molecule has 0 saturated heterocycles. The van der Waals surface area contributed by atoms with Crippen molar-refractivity contribution in [2.45, 2.75) is 33.0 Å². The van der Waals surface area contributed by atoms with Crippen molar-refractivity contribution in [3.63, 3.8) is 0 Å². The lowest BCUT2D eigenvalue weighted by Gasteiger charge is -2.20. The highest BCUT2D eigenvalue weighted by atomic mass is 16.5. The summed E-state index contributed by atoms with van der Waals surface area (Å²) in [6.45, 7) is 5.71. The molecule has 4 heteroatoms. The molecule has 0 bridgehead atoms. The molecule has 0 unspecified atom stereocenters. The first-order valence-electron chi connectivity index (χ1n) is 7.63. The van der Waals surface area contributed by atoms with Crippen molar-refractivity contribution in [2.24, 2.45) is 0 Å². The van der Waals surface area contributed by atoms with E-state index in [0.717, 1.165) is 24.5 Å². The van der Waals surface area contributed by atoms with Crippen LogP contribution >= 0.6 is 0 Å². The summed E-state index contributed by atoms with van der Waals surface area (Å²) in [7, 11) is 4.06. The normalized spacial score (nSPS) is 10.8. The van der Waals surface area contributed by atoms with Crippen molar-refractivity contribution in [1.82, 2.24) is 10.3 Å². The topological polar surface area (TPSA) is 37.4 Å². The summed E-state index contributed by atoms with van der Waals surface area (Å²) >= 11 is 0. The first-order valence-corrected chi connectivity index (χ1v) is 7.63. The zero-order valence-electron chi connectivity index (χ0n) is 13.8. The minimum Gasteiger partial charge on any atom is -0.489 e. The molecule has 2 aromatic rings. The summed E-state index contributed by atoms with van der Waals surface area (Å²) in [5.74, 6) is 0.931. The Hall–Kier alpha value is -2.07. The minimum absolute atomic E-state index is 0.164. The number of ether oxygens (including phenoxy) is 1. The summed E-state index contributed by atoms with van der Waals surface area (Å²) < 4.78 is 5.93. The molecular weight excluding hydrogens is 274 g/mol. The van der Waals surface area contributed by atoms with Crippen LogP contribution in [-0.2, 0) is 13.1 Å². The number of nitrogens with one attached hydrogen (secondary N) is 1. The van der Waals surface area contributed by atoms with Crippen molar-refractivity contribution in [3.8, 4) is 5.75 Å². The lowest BCUT2D eigenvalue weighted by atomic mass is 10.1. The fraction of sp³-hybridized carbons (Fsp3) is 0.389. The Morgan fingerprint density at radius 1 is 1.14 bits per heavy atom. The molecule has 118 valence electrons. The molecule has 0 saturated carbocycles. The maximum absolute atomic E-state index is 5.93. The zero-order valence-corrected chi connectivity index (χ0v) is 13.8. The molecule has 1 heterocycles. The van der Waals surface area contributed by atoms with E-state index in [0.29, 0.717) is 0 Å². The van der Waals surface area contributed by atoms with Crippen LogP contribution in [0.3, 0.4) is 0 Å². The average molecular weight is 299 g/mol. The average Bonchev–Trinajstić information content (AvgIpc) is 2.47. The third kappa shape index (κ3) is 4.74. The molecule has 0 amide bonds. The van der Waals surface area contributed by atoms with Crippen molar-refractivity contribution < 1.29 is 4.74 Å². The van der Waals surface area contributed by atoms with Crippen molar-refractivity contribution in [1.29, 1.82) is 0 Å². The summed E-state index contributed by atoms with van der Waals surface area (Å²) in [6, 6.07) is 10.4. The lowest BCUT2D eigenvalue weighted by molar-refractivity contribution is 0.243. The van der Waals surface area contributed by atoms with E-state index in [1.807, 2.05) is 40.2 Å². The second-order valence-electron chi connectivity index (χ2n) is 5.83. The van der Waals surface area contributed by atoms with Crippen LogP contribution in [0.4, 0.5) is 5.69 Å². The Bertz CT molecular complexity index is 582. The number of nitrogens with zero attached hydrogens (tertiary/aromatic N) is 2. The van der Waals surface area contributed by atoms with Crippen molar-refractivity contribution in [3.05, 3.63) is 53.9 Å². The molecule has 22 heavy (non-hydrogen) atoms. The first kappa shape index (κ1) is 16.3. The van der Waals surface area contributed by atoms with Crippen LogP contribution in [0.5, 0.6) is 5.75 Å². The Kier molecular flexibility index (Phi) is 5.78. The number of anilines is 1. The van der Waals surface area contributed by atoms with Crippen molar-refractivity contribution in [2.75, 3.05) is 19.0 Å². The minimum atomic E-state index is 0.164. The highest BCUT2D eigenvalue weighted by Crippen LogP contribution is 2.29. The Morgan fingerprint density at radius 2 is 1.91 bits per heavy atom. The van der Waals surface area contributed by atoms with Gasteiger partial charge in [-0.1, -0.05) is 12.1 Å². The smallest absolute Gasteiger partial charge is 0.143 e. The summed E-state index contributed by atoms with van der Waals surface area (Å²) in [5.41, 5.74) is 3.50. The lowest BCUT2D eigenvalue weighted by Crippen LogP contribution is -2.16. The quantitative estimate of drug-likeness (QED) is 0.852. The maximum Gasteiger partial charge on any atom is 0.143 e. The third-order valence-corrected chi connectivity index (χ3v) is 3.25. The molecule has 2 rings (SSSR count). The van der Waals surface area contributed by atoms with Gasteiger partial charge in [-0.3, -0.25) is 4.98 Å². The Morgan fingerprint density at radius 3 is 2.55 bits per heavy atom. The van der Waals surface area contributed by atoms with E-state index in [1.165, 1.54) is 11.1 Å². The van der Waals surface area contributed by atoms with E-state index in [4.69, 9.17) is 4.74 Å². The van der Waals surface area contributed by atoms with Gasteiger partial charge in [0.2, 0.25) is 0 Å². The van der Waals surface area contributed by atoms with Gasteiger partial charge in [0.05, 0.1) is 11.8 Å². The number of rotatable bonds is 7. The van der Waals surface area contributed by atoms with Gasteiger partial charge in [0, 0.05) is 39.6 Å². The van der Waals surface area contributed by atoms with Gasteiger partial charge in [-0.15, -0.1) is 0 Å². The van der Waals surface area contributed by atoms with Crippen LogP contribution in [0, 0.1) is 0 Å². The number of hydrogen-bond acceptors (Lipinski definition) is 4. The summed E-state index contributed by atoms with van der Waals surface area (Å²) in [6.07, 6.45) is 3.84. The monoisotopic (exact) mass is 299 g/mol. The van der Waals surface area contributed by atoms with Crippen LogP contribution in [0.15, 0.2) is 42.7 Å². The van der Waals surface area contributed by atoms with Gasteiger partial charge in [-0.05, 0) is 43.2 Å². The fourth-order valence-electron chi connectivity index (χ4n) is 2.24. The molecule has 1 aromatic heterocycles. The van der Waals surface area contributed by atoms with Crippen molar-refractivity contribution >= 4 is 5.69 Å². The van der Waals surface area contributed by atoms with Crippen LogP contribution in [0.2, 0.25) is 0 Å². The Balaban J connectivity index is 2.01. The van der Waals surface area contributed by atoms with Crippen LogP contribution < -0.4 is 15.0 Å². The van der Waals surface area contributed by atoms with Gasteiger partial charge in [0.25, 0.3) is 0 Å². The standard InChI is InChI=1S/C18H25N3O/c1-14(2)22-18-10-15(7-8-17(18)21(3)4)11-20-13-16-6-5-9-19-12-16/h5-10,12,14,20H,11,13H2,1-4H3. The van der Waals surface area contributed by atoms with Crippen LogP contribution in [0.25, 0.3) is 0 Å². The number of hydrogen-bond donors (Lipinski definition) is 1. The largest absolute Gasteiger partial charge is 0.489 e. The van der Waals surface area contributed by atoms with E-state index < -0.39 is 0 Å². The predicted molar refractivity (Wildman–Crippen MR) is 91.3 cm³/mol. The molecule has 0 fully saturated rings. The van der Waals surface area contributed by atoms with Crippen LogP contribution in [-0.4, -0.2) is 25.2 Å². The zero-order chi connectivity index (χ0) is 15.9. The first-order chi connectivity index (χ1) is 10.6. The molecule has 0 atom stereocenters. The maximum atomic E-state index is 5.93. The second-order valence-corrected chi connectivity index (χ2v) is 5.83. The molecule has 0 aliphatic heterocycles. The Labute approximate surface area is 133 Å². The third-order valence-electron chi connectivity index (χ3n) is 3.25. The highest BCUT2D eigenvalue weighted by Gasteiger charge is 2.09. The molecule has 0 spiro atoms. The summed E-state index contributed by atoms with van der Waals surface area (Å²) in [4.78, 5) is 6.20. The van der Waals surface area contributed by atoms with E-state index >= 15 is 0 Å². The van der Waals surface area contributed by atoms with Gasteiger partial charge >= 0.3 is 0 Å². The number of pyridine rings is 1. The van der Waals surface area contributed by atoms with E-state index in [2.05, 4.69) is 39.5 Å². The molecular formula is C18H25N3O. The van der Waals surface area contributed by atoms with Crippen LogP contribution in [0.1, 0.15) is 25.0 Å². The SMILES string of the molecule is CC(C)Oc1cc(CNCc2cccnc2)ccc1N(C)C. The van der Waals surface area contributed by atoms with Gasteiger partial charge in [-0.2, -0.15) is 0 Å². The second kappa shape index (κ2) is 7.80. The molecule has 0 aliphatic carbocycles. The molecule has 1 aromatic carbocycles.